The Morgan fingerprint density at radius 1 is 1.09 bits per heavy atom. The molecular weight excluding hydrogens is 374 g/mol. The second-order valence-corrected chi connectivity index (χ2v) is 8.16. The number of thiophene rings is 1. The van der Waals surface area contributed by atoms with Crippen molar-refractivity contribution in [2.75, 3.05) is 26.2 Å². The lowest BCUT2D eigenvalue weighted by atomic mass is 10.2. The molecule has 1 aliphatic rings. The molecule has 2 heterocycles. The highest BCUT2D eigenvalue weighted by Gasteiger charge is 2.21. The van der Waals surface area contributed by atoms with Crippen molar-refractivity contribution in [3.8, 4) is 0 Å². The number of hydrogen-bond acceptors (Lipinski definition) is 3. The molecule has 0 saturated carbocycles. The summed E-state index contributed by atoms with van der Waals surface area (Å²) in [5, 5.41) is 3.00. The van der Waals surface area contributed by atoms with E-state index in [0.29, 0.717) is 6.54 Å². The standard InChI is InChI=1S/C17H20BrN3OS/c18-16-7-6-15(23-16)13-20-8-10-21(11-9-20)17(22)19-12-14-4-2-1-3-5-14/h1-7H,8-13H2,(H,19,22). The number of hydrogen-bond donors (Lipinski definition) is 1. The third-order valence-electron chi connectivity index (χ3n) is 3.95. The Balaban J connectivity index is 1.42. The fourth-order valence-electron chi connectivity index (χ4n) is 2.65. The zero-order valence-corrected chi connectivity index (χ0v) is 15.3. The predicted octanol–water partition coefficient (Wildman–Crippen LogP) is 3.54. The van der Waals surface area contributed by atoms with Gasteiger partial charge in [-0.1, -0.05) is 30.3 Å². The SMILES string of the molecule is O=C(NCc1ccccc1)N1CCN(Cc2ccc(Br)s2)CC1. The van der Waals surface area contributed by atoms with Gasteiger partial charge < -0.3 is 10.2 Å². The summed E-state index contributed by atoms with van der Waals surface area (Å²) in [5.74, 6) is 0. The van der Waals surface area contributed by atoms with Crippen LogP contribution < -0.4 is 5.32 Å². The van der Waals surface area contributed by atoms with E-state index in [4.69, 9.17) is 0 Å². The molecular formula is C17H20BrN3OS. The summed E-state index contributed by atoms with van der Waals surface area (Å²) in [6.45, 7) is 4.97. The van der Waals surface area contributed by atoms with Crippen molar-refractivity contribution in [1.82, 2.24) is 15.1 Å². The Morgan fingerprint density at radius 3 is 2.48 bits per heavy atom. The van der Waals surface area contributed by atoms with Crippen LogP contribution in [0.15, 0.2) is 46.3 Å². The van der Waals surface area contributed by atoms with Gasteiger partial charge in [0.15, 0.2) is 0 Å². The summed E-state index contributed by atoms with van der Waals surface area (Å²) in [6, 6.07) is 14.3. The Bertz CT molecular complexity index is 638. The van der Waals surface area contributed by atoms with Gasteiger partial charge in [0.2, 0.25) is 0 Å². The maximum atomic E-state index is 12.2. The van der Waals surface area contributed by atoms with Gasteiger partial charge in [-0.15, -0.1) is 11.3 Å². The van der Waals surface area contributed by atoms with Crippen LogP contribution in [0.25, 0.3) is 0 Å². The van der Waals surface area contributed by atoms with Crippen LogP contribution in [-0.2, 0) is 13.1 Å². The van der Waals surface area contributed by atoms with Gasteiger partial charge in [-0.25, -0.2) is 4.79 Å². The number of piperazine rings is 1. The third-order valence-corrected chi connectivity index (χ3v) is 5.56. The average molecular weight is 394 g/mol. The van der Waals surface area contributed by atoms with Crippen molar-refractivity contribution in [3.63, 3.8) is 0 Å². The summed E-state index contributed by atoms with van der Waals surface area (Å²) < 4.78 is 1.17. The highest BCUT2D eigenvalue weighted by atomic mass is 79.9. The van der Waals surface area contributed by atoms with Crippen LogP contribution in [0.2, 0.25) is 0 Å². The molecule has 1 aliphatic heterocycles. The maximum absolute atomic E-state index is 12.2. The van der Waals surface area contributed by atoms with Crippen molar-refractivity contribution in [1.29, 1.82) is 0 Å². The van der Waals surface area contributed by atoms with E-state index in [1.54, 1.807) is 11.3 Å². The van der Waals surface area contributed by atoms with E-state index in [-0.39, 0.29) is 6.03 Å². The molecule has 0 aliphatic carbocycles. The Morgan fingerprint density at radius 2 is 1.83 bits per heavy atom. The average Bonchev–Trinajstić information content (AvgIpc) is 2.99. The zero-order chi connectivity index (χ0) is 16.1. The monoisotopic (exact) mass is 393 g/mol. The molecule has 6 heteroatoms. The van der Waals surface area contributed by atoms with E-state index in [9.17, 15) is 4.79 Å². The van der Waals surface area contributed by atoms with Gasteiger partial charge in [-0.05, 0) is 33.6 Å². The van der Waals surface area contributed by atoms with Gasteiger partial charge >= 0.3 is 6.03 Å². The maximum Gasteiger partial charge on any atom is 0.317 e. The lowest BCUT2D eigenvalue weighted by Gasteiger charge is -2.34. The second-order valence-electron chi connectivity index (χ2n) is 5.61. The van der Waals surface area contributed by atoms with E-state index < -0.39 is 0 Å². The Hall–Kier alpha value is -1.37. The molecule has 1 saturated heterocycles. The molecule has 23 heavy (non-hydrogen) atoms. The molecule has 2 amide bonds. The normalized spacial score (nSPS) is 15.6. The first kappa shape index (κ1) is 16.5. The molecule has 1 aromatic carbocycles. The Kier molecular flexibility index (Phi) is 5.70. The number of benzene rings is 1. The fourth-order valence-corrected chi connectivity index (χ4v) is 4.18. The van der Waals surface area contributed by atoms with Crippen LogP contribution in [0, 0.1) is 0 Å². The van der Waals surface area contributed by atoms with Gasteiger partial charge in [0.25, 0.3) is 0 Å². The van der Waals surface area contributed by atoms with E-state index in [0.717, 1.165) is 38.3 Å². The molecule has 0 atom stereocenters. The highest BCUT2D eigenvalue weighted by Crippen LogP contribution is 2.23. The van der Waals surface area contributed by atoms with E-state index in [2.05, 4.69) is 38.3 Å². The quantitative estimate of drug-likeness (QED) is 0.861. The number of rotatable bonds is 4. The van der Waals surface area contributed by atoms with Crippen molar-refractivity contribution in [3.05, 3.63) is 56.7 Å². The van der Waals surface area contributed by atoms with Gasteiger partial charge in [0.05, 0.1) is 3.79 Å². The summed E-state index contributed by atoms with van der Waals surface area (Å²) in [7, 11) is 0. The molecule has 0 radical (unpaired) electrons. The number of nitrogens with one attached hydrogen (secondary N) is 1. The van der Waals surface area contributed by atoms with Crippen molar-refractivity contribution in [2.24, 2.45) is 0 Å². The minimum atomic E-state index is 0.0346. The van der Waals surface area contributed by atoms with Crippen LogP contribution in [0.5, 0.6) is 0 Å². The van der Waals surface area contributed by atoms with Crippen LogP contribution >= 0.6 is 27.3 Å². The summed E-state index contributed by atoms with van der Waals surface area (Å²) in [4.78, 5) is 17.9. The third kappa shape index (κ3) is 4.80. The van der Waals surface area contributed by atoms with E-state index in [1.165, 1.54) is 8.66 Å². The molecule has 3 rings (SSSR count). The molecule has 1 fully saturated rings. The number of urea groups is 1. The molecule has 0 unspecified atom stereocenters. The van der Waals surface area contributed by atoms with Gasteiger partial charge in [0, 0.05) is 44.1 Å². The number of amides is 2. The van der Waals surface area contributed by atoms with Gasteiger partial charge in [-0.3, -0.25) is 4.90 Å². The summed E-state index contributed by atoms with van der Waals surface area (Å²) in [6.07, 6.45) is 0. The molecule has 2 aromatic rings. The topological polar surface area (TPSA) is 35.6 Å². The van der Waals surface area contributed by atoms with Crippen molar-refractivity contribution < 1.29 is 4.79 Å². The fraction of sp³-hybridized carbons (Fsp3) is 0.353. The largest absolute Gasteiger partial charge is 0.334 e. The van der Waals surface area contributed by atoms with Crippen molar-refractivity contribution >= 4 is 33.3 Å². The number of carbonyl (C=O) groups is 1. The Labute approximate surface area is 149 Å². The van der Waals surface area contributed by atoms with Gasteiger partial charge in [-0.2, -0.15) is 0 Å². The molecule has 0 bridgehead atoms. The first-order chi connectivity index (χ1) is 11.2. The van der Waals surface area contributed by atoms with Crippen molar-refractivity contribution in [2.45, 2.75) is 13.1 Å². The molecule has 1 N–H and O–H groups in total. The number of nitrogens with zero attached hydrogens (tertiary/aromatic N) is 2. The molecule has 1 aromatic heterocycles. The lowest BCUT2D eigenvalue weighted by molar-refractivity contribution is 0.135. The molecule has 0 spiro atoms. The summed E-state index contributed by atoms with van der Waals surface area (Å²) >= 11 is 5.28. The van der Waals surface area contributed by atoms with Crippen LogP contribution in [0.3, 0.4) is 0 Å². The summed E-state index contributed by atoms with van der Waals surface area (Å²) in [5.41, 5.74) is 1.13. The first-order valence-electron chi connectivity index (χ1n) is 7.74. The smallest absolute Gasteiger partial charge is 0.317 e. The van der Waals surface area contributed by atoms with E-state index in [1.807, 2.05) is 35.2 Å². The number of carbonyl (C=O) groups excluding carboxylic acids is 1. The van der Waals surface area contributed by atoms with E-state index >= 15 is 0 Å². The van der Waals surface area contributed by atoms with Gasteiger partial charge in [0.1, 0.15) is 0 Å². The molecule has 4 nitrogen and oxygen atoms in total. The predicted molar refractivity (Wildman–Crippen MR) is 97.5 cm³/mol. The first-order valence-corrected chi connectivity index (χ1v) is 9.35. The highest BCUT2D eigenvalue weighted by molar-refractivity contribution is 9.11. The molecule has 122 valence electrons. The van der Waals surface area contributed by atoms with Crippen LogP contribution in [0.4, 0.5) is 4.79 Å². The number of halogens is 1. The lowest BCUT2D eigenvalue weighted by Crippen LogP contribution is -2.51. The van der Waals surface area contributed by atoms with Crippen LogP contribution in [-0.4, -0.2) is 42.0 Å². The second kappa shape index (κ2) is 7.95. The zero-order valence-electron chi connectivity index (χ0n) is 12.9. The van der Waals surface area contributed by atoms with Crippen LogP contribution in [0.1, 0.15) is 10.4 Å². The minimum absolute atomic E-state index is 0.0346. The minimum Gasteiger partial charge on any atom is -0.334 e.